The summed E-state index contributed by atoms with van der Waals surface area (Å²) in [5.41, 5.74) is 6.77. The number of halogens is 1. The highest BCUT2D eigenvalue weighted by atomic mass is 19.1. The maximum atomic E-state index is 13.5. The lowest BCUT2D eigenvalue weighted by atomic mass is 9.94. The fourth-order valence-electron chi connectivity index (χ4n) is 2.04. The Morgan fingerprint density at radius 3 is 2.47 bits per heavy atom. The van der Waals surface area contributed by atoms with E-state index in [9.17, 15) is 4.39 Å². The Balaban J connectivity index is 2.69. The molecule has 2 N–H and O–H groups in total. The Hall–Kier alpha value is -0.930. The lowest BCUT2D eigenvalue weighted by Gasteiger charge is -2.27. The van der Waals surface area contributed by atoms with E-state index in [1.807, 2.05) is 13.0 Å². The van der Waals surface area contributed by atoms with E-state index in [4.69, 9.17) is 10.5 Å². The molecule has 2 unspecified atom stereocenters. The Bertz CT molecular complexity index is 341. The number of rotatable bonds is 6. The molecule has 0 aliphatic rings. The minimum atomic E-state index is -0.193. The molecule has 2 nitrogen and oxygen atoms in total. The third-order valence-electron chi connectivity index (χ3n) is 2.85. The third kappa shape index (κ3) is 4.10. The third-order valence-corrected chi connectivity index (χ3v) is 2.85. The molecule has 0 spiro atoms. The highest BCUT2D eigenvalue weighted by Gasteiger charge is 2.22. The largest absolute Gasteiger partial charge is 0.377 e. The lowest BCUT2D eigenvalue weighted by molar-refractivity contribution is 0.0126. The van der Waals surface area contributed by atoms with E-state index < -0.39 is 0 Å². The Morgan fingerprint density at radius 2 is 1.94 bits per heavy atom. The van der Waals surface area contributed by atoms with Crippen LogP contribution in [0.4, 0.5) is 4.39 Å². The smallest absolute Gasteiger partial charge is 0.126 e. The molecule has 1 aromatic rings. The van der Waals surface area contributed by atoms with Gasteiger partial charge in [0.25, 0.3) is 0 Å². The van der Waals surface area contributed by atoms with Gasteiger partial charge in [0.15, 0.2) is 0 Å². The van der Waals surface area contributed by atoms with Gasteiger partial charge in [0.1, 0.15) is 5.82 Å². The van der Waals surface area contributed by atoms with Crippen LogP contribution in [0, 0.1) is 11.7 Å². The van der Waals surface area contributed by atoms with Gasteiger partial charge in [-0.05, 0) is 30.9 Å². The molecule has 0 fully saturated rings. The molecular weight excluding hydrogens is 217 g/mol. The second kappa shape index (κ2) is 6.72. The molecule has 0 bridgehead atoms. The first-order valence-electron chi connectivity index (χ1n) is 6.16. The molecule has 0 radical (unpaired) electrons. The number of nitrogens with two attached hydrogens (primary N) is 1. The maximum absolute atomic E-state index is 13.5. The van der Waals surface area contributed by atoms with Gasteiger partial charge in [0.05, 0.1) is 6.10 Å². The molecule has 0 saturated carbocycles. The van der Waals surface area contributed by atoms with Gasteiger partial charge >= 0.3 is 0 Å². The molecule has 0 heterocycles. The van der Waals surface area contributed by atoms with Crippen molar-refractivity contribution in [3.8, 4) is 0 Å². The van der Waals surface area contributed by atoms with E-state index in [1.165, 1.54) is 6.07 Å². The monoisotopic (exact) mass is 239 g/mol. The average molecular weight is 239 g/mol. The summed E-state index contributed by atoms with van der Waals surface area (Å²) in [7, 11) is 0. The van der Waals surface area contributed by atoms with Gasteiger partial charge in [-0.1, -0.05) is 32.0 Å². The first-order chi connectivity index (χ1) is 8.06. The fourth-order valence-corrected chi connectivity index (χ4v) is 2.04. The van der Waals surface area contributed by atoms with Crippen molar-refractivity contribution < 1.29 is 9.13 Å². The van der Waals surface area contributed by atoms with E-state index in [1.54, 1.807) is 12.1 Å². The van der Waals surface area contributed by atoms with Crippen molar-refractivity contribution >= 4 is 0 Å². The predicted molar refractivity (Wildman–Crippen MR) is 68.3 cm³/mol. The van der Waals surface area contributed by atoms with Crippen molar-refractivity contribution in [3.05, 3.63) is 35.6 Å². The van der Waals surface area contributed by atoms with Crippen molar-refractivity contribution in [2.24, 2.45) is 11.7 Å². The number of hydrogen-bond donors (Lipinski definition) is 1. The highest BCUT2D eigenvalue weighted by molar-refractivity contribution is 5.18. The van der Waals surface area contributed by atoms with Crippen LogP contribution in [0.1, 0.15) is 26.3 Å². The molecule has 0 aliphatic carbocycles. The molecule has 17 heavy (non-hydrogen) atoms. The Morgan fingerprint density at radius 1 is 1.29 bits per heavy atom. The van der Waals surface area contributed by atoms with Crippen LogP contribution in [0.5, 0.6) is 0 Å². The van der Waals surface area contributed by atoms with Crippen LogP contribution >= 0.6 is 0 Å². The van der Waals surface area contributed by atoms with E-state index in [0.29, 0.717) is 24.5 Å². The fraction of sp³-hybridized carbons (Fsp3) is 0.571. The number of ether oxygens (including phenoxy) is 1. The van der Waals surface area contributed by atoms with Crippen molar-refractivity contribution in [3.63, 3.8) is 0 Å². The summed E-state index contributed by atoms with van der Waals surface area (Å²) in [5, 5.41) is 0. The van der Waals surface area contributed by atoms with Crippen molar-refractivity contribution in [2.75, 3.05) is 6.61 Å². The summed E-state index contributed by atoms with van der Waals surface area (Å²) < 4.78 is 19.1. The van der Waals surface area contributed by atoms with Crippen LogP contribution in [-0.4, -0.2) is 18.8 Å². The van der Waals surface area contributed by atoms with Crippen LogP contribution in [0.3, 0.4) is 0 Å². The molecular formula is C14H22FNO. The second-order valence-electron chi connectivity index (χ2n) is 4.62. The van der Waals surface area contributed by atoms with Gasteiger partial charge in [-0.3, -0.25) is 0 Å². The van der Waals surface area contributed by atoms with Gasteiger partial charge in [0, 0.05) is 12.6 Å². The lowest BCUT2D eigenvalue weighted by Crippen LogP contribution is -2.42. The van der Waals surface area contributed by atoms with Crippen LogP contribution < -0.4 is 5.73 Å². The second-order valence-corrected chi connectivity index (χ2v) is 4.62. The normalized spacial score (nSPS) is 14.9. The van der Waals surface area contributed by atoms with Crippen molar-refractivity contribution in [1.82, 2.24) is 0 Å². The zero-order chi connectivity index (χ0) is 12.8. The zero-order valence-electron chi connectivity index (χ0n) is 10.8. The summed E-state index contributed by atoms with van der Waals surface area (Å²) in [6.45, 7) is 6.72. The molecule has 0 aliphatic heterocycles. The summed E-state index contributed by atoms with van der Waals surface area (Å²) in [6, 6.07) is 6.58. The molecule has 1 rings (SSSR count). The van der Waals surface area contributed by atoms with E-state index in [0.717, 1.165) is 0 Å². The minimum absolute atomic E-state index is 0.0281. The van der Waals surface area contributed by atoms with Crippen LogP contribution in [-0.2, 0) is 11.2 Å². The number of benzene rings is 1. The van der Waals surface area contributed by atoms with Gasteiger partial charge in [0.2, 0.25) is 0 Å². The van der Waals surface area contributed by atoms with Crippen LogP contribution in [0.25, 0.3) is 0 Å². The molecule has 3 heteroatoms. The van der Waals surface area contributed by atoms with Gasteiger partial charge < -0.3 is 10.5 Å². The van der Waals surface area contributed by atoms with Gasteiger partial charge in [-0.2, -0.15) is 0 Å². The average Bonchev–Trinajstić information content (AvgIpc) is 2.28. The van der Waals surface area contributed by atoms with Crippen LogP contribution in [0.15, 0.2) is 24.3 Å². The quantitative estimate of drug-likeness (QED) is 0.828. The summed E-state index contributed by atoms with van der Waals surface area (Å²) in [5.74, 6) is 0.138. The molecule has 1 aromatic carbocycles. The molecule has 0 amide bonds. The molecule has 0 aromatic heterocycles. The SMILES string of the molecule is CCOC(C(C)C)C(N)Cc1ccccc1F. The first kappa shape index (κ1) is 14.1. The summed E-state index contributed by atoms with van der Waals surface area (Å²) in [4.78, 5) is 0. The van der Waals surface area contributed by atoms with E-state index in [2.05, 4.69) is 13.8 Å². The number of hydrogen-bond acceptors (Lipinski definition) is 2. The predicted octanol–water partition coefficient (Wildman–Crippen LogP) is 2.76. The standard InChI is InChI=1S/C14H22FNO/c1-4-17-14(10(2)3)13(16)9-11-7-5-6-8-12(11)15/h5-8,10,13-14H,4,9,16H2,1-3H3. The molecule has 0 saturated heterocycles. The summed E-state index contributed by atoms with van der Waals surface area (Å²) >= 11 is 0. The van der Waals surface area contributed by atoms with Crippen molar-refractivity contribution in [1.29, 1.82) is 0 Å². The highest BCUT2D eigenvalue weighted by Crippen LogP contribution is 2.15. The van der Waals surface area contributed by atoms with Crippen LogP contribution in [0.2, 0.25) is 0 Å². The van der Waals surface area contributed by atoms with E-state index >= 15 is 0 Å². The Labute approximate surface area is 103 Å². The van der Waals surface area contributed by atoms with Gasteiger partial charge in [-0.25, -0.2) is 4.39 Å². The van der Waals surface area contributed by atoms with E-state index in [-0.39, 0.29) is 18.0 Å². The Kier molecular flexibility index (Phi) is 5.59. The van der Waals surface area contributed by atoms with Crippen molar-refractivity contribution in [2.45, 2.75) is 39.3 Å². The first-order valence-corrected chi connectivity index (χ1v) is 6.16. The minimum Gasteiger partial charge on any atom is -0.377 e. The van der Waals surface area contributed by atoms with Gasteiger partial charge in [-0.15, -0.1) is 0 Å². The molecule has 96 valence electrons. The topological polar surface area (TPSA) is 35.2 Å². The maximum Gasteiger partial charge on any atom is 0.126 e. The zero-order valence-corrected chi connectivity index (χ0v) is 10.8. The summed E-state index contributed by atoms with van der Waals surface area (Å²) in [6.07, 6.45) is 0.481. The molecule has 2 atom stereocenters.